The molecule has 0 fully saturated rings. The highest BCUT2D eigenvalue weighted by molar-refractivity contribution is 9.10. The molecule has 1 N–H and O–H groups in total. The maximum Gasteiger partial charge on any atom is 0.167 e. The molecule has 112 valence electrons. The first-order valence-electron chi connectivity index (χ1n) is 7.04. The molecule has 0 aliphatic heterocycles. The highest BCUT2D eigenvalue weighted by atomic mass is 79.9. The number of aryl methyl sites for hydroxylation is 1. The molecule has 0 amide bonds. The molecule has 0 saturated carbocycles. The van der Waals surface area contributed by atoms with E-state index in [-0.39, 0.29) is 5.82 Å². The summed E-state index contributed by atoms with van der Waals surface area (Å²) in [7, 11) is 0. The van der Waals surface area contributed by atoms with Gasteiger partial charge in [0.2, 0.25) is 0 Å². The SMILES string of the molecule is CCCNCc1cccc(F)c1Oc1ccc(Br)cc1C. The van der Waals surface area contributed by atoms with Gasteiger partial charge in [-0.05, 0) is 49.7 Å². The lowest BCUT2D eigenvalue weighted by Crippen LogP contribution is -2.14. The van der Waals surface area contributed by atoms with Crippen LogP contribution in [0.15, 0.2) is 40.9 Å². The van der Waals surface area contributed by atoms with Crippen LogP contribution in [-0.4, -0.2) is 6.54 Å². The molecule has 0 aromatic heterocycles. The van der Waals surface area contributed by atoms with E-state index in [0.29, 0.717) is 18.0 Å². The van der Waals surface area contributed by atoms with E-state index >= 15 is 0 Å². The highest BCUT2D eigenvalue weighted by Gasteiger charge is 2.12. The van der Waals surface area contributed by atoms with Crippen LogP contribution in [0.3, 0.4) is 0 Å². The molecule has 2 nitrogen and oxygen atoms in total. The lowest BCUT2D eigenvalue weighted by atomic mass is 10.1. The fourth-order valence-electron chi connectivity index (χ4n) is 2.04. The predicted molar refractivity (Wildman–Crippen MR) is 87.4 cm³/mol. The van der Waals surface area contributed by atoms with Crippen molar-refractivity contribution in [2.24, 2.45) is 0 Å². The van der Waals surface area contributed by atoms with Crippen LogP contribution in [0.2, 0.25) is 0 Å². The monoisotopic (exact) mass is 351 g/mol. The van der Waals surface area contributed by atoms with Crippen molar-refractivity contribution in [2.75, 3.05) is 6.54 Å². The minimum Gasteiger partial charge on any atom is -0.454 e. The number of hydrogen-bond acceptors (Lipinski definition) is 2. The summed E-state index contributed by atoms with van der Waals surface area (Å²) in [5.74, 6) is 0.625. The maximum absolute atomic E-state index is 14.1. The van der Waals surface area contributed by atoms with E-state index in [9.17, 15) is 4.39 Å². The molecule has 21 heavy (non-hydrogen) atoms. The average molecular weight is 352 g/mol. The fraction of sp³-hybridized carbons (Fsp3) is 0.294. The van der Waals surface area contributed by atoms with Crippen molar-refractivity contribution >= 4 is 15.9 Å². The highest BCUT2D eigenvalue weighted by Crippen LogP contribution is 2.31. The van der Waals surface area contributed by atoms with Crippen LogP contribution < -0.4 is 10.1 Å². The molecule has 0 atom stereocenters. The van der Waals surface area contributed by atoms with Crippen molar-refractivity contribution in [1.29, 1.82) is 0 Å². The van der Waals surface area contributed by atoms with Gasteiger partial charge in [-0.3, -0.25) is 0 Å². The molecule has 0 radical (unpaired) electrons. The summed E-state index contributed by atoms with van der Waals surface area (Å²) in [5.41, 5.74) is 1.78. The Balaban J connectivity index is 2.25. The minimum atomic E-state index is -0.340. The summed E-state index contributed by atoms with van der Waals surface area (Å²) in [6, 6.07) is 10.7. The molecular formula is C17H19BrFNO. The molecular weight excluding hydrogens is 333 g/mol. The van der Waals surface area contributed by atoms with Gasteiger partial charge in [0.25, 0.3) is 0 Å². The summed E-state index contributed by atoms with van der Waals surface area (Å²) in [5, 5.41) is 3.27. The number of halogens is 2. The summed E-state index contributed by atoms with van der Waals surface area (Å²) < 4.78 is 20.9. The lowest BCUT2D eigenvalue weighted by Gasteiger charge is -2.14. The molecule has 0 spiro atoms. The van der Waals surface area contributed by atoms with Crippen LogP contribution in [-0.2, 0) is 6.54 Å². The third-order valence-electron chi connectivity index (χ3n) is 3.14. The van der Waals surface area contributed by atoms with Crippen molar-refractivity contribution in [3.05, 3.63) is 57.8 Å². The van der Waals surface area contributed by atoms with E-state index in [1.165, 1.54) is 6.07 Å². The molecule has 2 rings (SSSR count). The number of ether oxygens (including phenoxy) is 1. The van der Waals surface area contributed by atoms with Gasteiger partial charge in [-0.1, -0.05) is 35.0 Å². The molecule has 0 aliphatic carbocycles. The predicted octanol–water partition coefficient (Wildman–Crippen LogP) is 5.19. The van der Waals surface area contributed by atoms with Crippen molar-refractivity contribution < 1.29 is 9.13 Å². The van der Waals surface area contributed by atoms with Gasteiger partial charge in [0.15, 0.2) is 11.6 Å². The first kappa shape index (κ1) is 16.0. The Labute approximate surface area is 133 Å². The van der Waals surface area contributed by atoms with Crippen molar-refractivity contribution in [1.82, 2.24) is 5.32 Å². The third-order valence-corrected chi connectivity index (χ3v) is 3.63. The van der Waals surface area contributed by atoms with Gasteiger partial charge in [0, 0.05) is 16.6 Å². The van der Waals surface area contributed by atoms with Crippen molar-refractivity contribution in [2.45, 2.75) is 26.8 Å². The van der Waals surface area contributed by atoms with E-state index in [2.05, 4.69) is 28.2 Å². The standard InChI is InChI=1S/C17H19BrFNO/c1-3-9-20-11-13-5-4-6-15(19)17(13)21-16-8-7-14(18)10-12(16)2/h4-8,10,20H,3,9,11H2,1-2H3. The Hall–Kier alpha value is -1.39. The van der Waals surface area contributed by atoms with Gasteiger partial charge in [-0.25, -0.2) is 4.39 Å². The zero-order chi connectivity index (χ0) is 15.2. The second kappa shape index (κ2) is 7.57. The van der Waals surface area contributed by atoms with Crippen LogP contribution >= 0.6 is 15.9 Å². The van der Waals surface area contributed by atoms with E-state index in [1.54, 1.807) is 6.07 Å². The average Bonchev–Trinajstić information content (AvgIpc) is 2.45. The quantitative estimate of drug-likeness (QED) is 0.723. The third kappa shape index (κ3) is 4.29. The molecule has 0 saturated heterocycles. The number of para-hydroxylation sites is 1. The van der Waals surface area contributed by atoms with E-state index < -0.39 is 0 Å². The number of hydrogen-bond donors (Lipinski definition) is 1. The number of benzene rings is 2. The van der Waals surface area contributed by atoms with Crippen LogP contribution in [0, 0.1) is 12.7 Å². The Kier molecular flexibility index (Phi) is 5.76. The van der Waals surface area contributed by atoms with Crippen LogP contribution in [0.1, 0.15) is 24.5 Å². The second-order valence-electron chi connectivity index (χ2n) is 4.92. The zero-order valence-electron chi connectivity index (χ0n) is 12.2. The largest absolute Gasteiger partial charge is 0.454 e. The zero-order valence-corrected chi connectivity index (χ0v) is 13.8. The topological polar surface area (TPSA) is 21.3 Å². The van der Waals surface area contributed by atoms with Gasteiger partial charge < -0.3 is 10.1 Å². The van der Waals surface area contributed by atoms with Crippen LogP contribution in [0.4, 0.5) is 4.39 Å². The smallest absolute Gasteiger partial charge is 0.167 e. The molecule has 0 aliphatic rings. The van der Waals surface area contributed by atoms with E-state index in [1.807, 2.05) is 31.2 Å². The van der Waals surface area contributed by atoms with Gasteiger partial charge in [0.05, 0.1) is 0 Å². The van der Waals surface area contributed by atoms with Gasteiger partial charge in [0.1, 0.15) is 5.75 Å². The molecule has 2 aromatic carbocycles. The first-order valence-corrected chi connectivity index (χ1v) is 7.83. The van der Waals surface area contributed by atoms with E-state index in [4.69, 9.17) is 4.74 Å². The lowest BCUT2D eigenvalue weighted by molar-refractivity contribution is 0.431. The summed E-state index contributed by atoms with van der Waals surface area (Å²) in [6.07, 6.45) is 1.04. The number of nitrogens with one attached hydrogen (secondary N) is 1. The first-order chi connectivity index (χ1) is 10.1. The van der Waals surface area contributed by atoms with Crippen LogP contribution in [0.25, 0.3) is 0 Å². The van der Waals surface area contributed by atoms with Crippen molar-refractivity contribution in [3.8, 4) is 11.5 Å². The summed E-state index contributed by atoms with van der Waals surface area (Å²) in [4.78, 5) is 0. The van der Waals surface area contributed by atoms with Crippen LogP contribution in [0.5, 0.6) is 11.5 Å². The summed E-state index contributed by atoms with van der Waals surface area (Å²) >= 11 is 3.41. The molecule has 0 heterocycles. The Morgan fingerprint density at radius 1 is 1.24 bits per heavy atom. The fourth-order valence-corrected chi connectivity index (χ4v) is 2.52. The molecule has 4 heteroatoms. The van der Waals surface area contributed by atoms with Crippen molar-refractivity contribution in [3.63, 3.8) is 0 Å². The Morgan fingerprint density at radius 2 is 2.05 bits per heavy atom. The molecule has 2 aromatic rings. The molecule has 0 unspecified atom stereocenters. The number of rotatable bonds is 6. The molecule has 0 bridgehead atoms. The van der Waals surface area contributed by atoms with Gasteiger partial charge in [-0.15, -0.1) is 0 Å². The normalized spacial score (nSPS) is 10.7. The maximum atomic E-state index is 14.1. The Bertz CT molecular complexity index is 616. The Morgan fingerprint density at radius 3 is 2.76 bits per heavy atom. The summed E-state index contributed by atoms with van der Waals surface area (Å²) in [6.45, 7) is 5.53. The van der Waals surface area contributed by atoms with Gasteiger partial charge >= 0.3 is 0 Å². The van der Waals surface area contributed by atoms with E-state index in [0.717, 1.165) is 28.6 Å². The minimum absolute atomic E-state index is 0.298. The van der Waals surface area contributed by atoms with Gasteiger partial charge in [-0.2, -0.15) is 0 Å². The second-order valence-corrected chi connectivity index (χ2v) is 5.83.